The fourth-order valence-electron chi connectivity index (χ4n) is 3.22. The van der Waals surface area contributed by atoms with Crippen LogP contribution in [0.5, 0.6) is 0 Å². The van der Waals surface area contributed by atoms with Crippen LogP contribution in [0, 0.1) is 0 Å². The van der Waals surface area contributed by atoms with E-state index in [1.807, 2.05) is 0 Å². The van der Waals surface area contributed by atoms with Crippen LogP contribution < -0.4 is 5.32 Å². The lowest BCUT2D eigenvalue weighted by molar-refractivity contribution is -0.141. The molecule has 3 rings (SSSR count). The number of nitrogens with zero attached hydrogens (tertiary/aromatic N) is 1. The van der Waals surface area contributed by atoms with Gasteiger partial charge in [0.25, 0.3) is 11.8 Å². The molecule has 2 atom stereocenters. The van der Waals surface area contributed by atoms with Gasteiger partial charge in [0.05, 0.1) is 30.7 Å². The first-order chi connectivity index (χ1) is 13.8. The minimum atomic E-state index is -1.08. The molecular weight excluding hydrogens is 396 g/mol. The number of ether oxygens (including phenoxy) is 1. The Morgan fingerprint density at radius 1 is 1.03 bits per heavy atom. The van der Waals surface area contributed by atoms with Crippen LogP contribution in [-0.4, -0.2) is 41.7 Å². The van der Waals surface area contributed by atoms with Gasteiger partial charge in [-0.25, -0.2) is 0 Å². The maximum absolute atomic E-state index is 12.9. The van der Waals surface area contributed by atoms with Crippen molar-refractivity contribution in [1.82, 2.24) is 10.2 Å². The molecule has 8 heteroatoms. The zero-order chi connectivity index (χ0) is 21.1. The minimum Gasteiger partial charge on any atom is -0.469 e. The van der Waals surface area contributed by atoms with Crippen LogP contribution in [-0.2, 0) is 14.3 Å². The van der Waals surface area contributed by atoms with Crippen LogP contribution in [0.4, 0.5) is 0 Å². The third kappa shape index (κ3) is 4.00. The van der Waals surface area contributed by atoms with E-state index in [1.165, 1.54) is 14.0 Å². The zero-order valence-electron chi connectivity index (χ0n) is 15.8. The highest BCUT2D eigenvalue weighted by Gasteiger charge is 2.41. The molecule has 1 N–H and O–H groups in total. The lowest BCUT2D eigenvalue weighted by Crippen LogP contribution is -2.48. The lowest BCUT2D eigenvalue weighted by Gasteiger charge is -2.25. The average Bonchev–Trinajstić information content (AvgIpc) is 2.97. The van der Waals surface area contributed by atoms with Crippen LogP contribution in [0.15, 0.2) is 48.5 Å². The number of fused-ring (bicyclic) bond motifs is 1. The number of nitrogens with one attached hydrogen (secondary N) is 1. The van der Waals surface area contributed by atoms with Gasteiger partial charge in [-0.15, -0.1) is 0 Å². The second-order valence-electron chi connectivity index (χ2n) is 6.56. The van der Waals surface area contributed by atoms with Crippen molar-refractivity contribution in [2.45, 2.75) is 25.4 Å². The molecule has 29 heavy (non-hydrogen) atoms. The first-order valence-corrected chi connectivity index (χ1v) is 9.31. The van der Waals surface area contributed by atoms with Crippen LogP contribution in [0.3, 0.4) is 0 Å². The third-order valence-electron chi connectivity index (χ3n) is 4.79. The Morgan fingerprint density at radius 2 is 1.59 bits per heavy atom. The Morgan fingerprint density at radius 3 is 2.14 bits per heavy atom. The van der Waals surface area contributed by atoms with Crippen molar-refractivity contribution in [1.29, 1.82) is 0 Å². The molecular formula is C21H19ClN2O5. The van der Waals surface area contributed by atoms with E-state index in [9.17, 15) is 19.2 Å². The number of imide groups is 1. The Balaban J connectivity index is 1.83. The maximum atomic E-state index is 12.9. The van der Waals surface area contributed by atoms with E-state index in [-0.39, 0.29) is 17.5 Å². The number of benzene rings is 2. The SMILES string of the molecule is COC(=O)CC(NC(=O)C(C)N1C(=O)c2ccccc2C1=O)c1ccccc1Cl. The molecule has 150 valence electrons. The van der Waals surface area contributed by atoms with Gasteiger partial charge < -0.3 is 10.1 Å². The number of methoxy groups -OCH3 is 1. The molecule has 0 saturated heterocycles. The van der Waals surface area contributed by atoms with Crippen molar-refractivity contribution in [3.8, 4) is 0 Å². The van der Waals surface area contributed by atoms with Gasteiger partial charge in [-0.2, -0.15) is 0 Å². The molecule has 0 aromatic heterocycles. The summed E-state index contributed by atoms with van der Waals surface area (Å²) in [6.45, 7) is 1.46. The van der Waals surface area contributed by atoms with E-state index in [4.69, 9.17) is 16.3 Å². The van der Waals surface area contributed by atoms with Crippen molar-refractivity contribution in [2.24, 2.45) is 0 Å². The van der Waals surface area contributed by atoms with Gasteiger partial charge in [-0.1, -0.05) is 41.9 Å². The largest absolute Gasteiger partial charge is 0.469 e. The molecule has 1 aliphatic rings. The molecule has 2 unspecified atom stereocenters. The fraction of sp³-hybridized carbons (Fsp3) is 0.238. The highest BCUT2D eigenvalue weighted by molar-refractivity contribution is 6.31. The Labute approximate surface area is 172 Å². The normalized spacial score (nSPS) is 14.9. The smallest absolute Gasteiger partial charge is 0.307 e. The summed E-state index contributed by atoms with van der Waals surface area (Å²) in [4.78, 5) is 50.9. The lowest BCUT2D eigenvalue weighted by atomic mass is 10.0. The van der Waals surface area contributed by atoms with Gasteiger partial charge in [0.2, 0.25) is 5.91 Å². The number of rotatable bonds is 6. The molecule has 2 aromatic rings. The summed E-state index contributed by atoms with van der Waals surface area (Å²) in [6, 6.07) is 11.3. The van der Waals surface area contributed by atoms with Crippen molar-refractivity contribution >= 4 is 35.3 Å². The molecule has 0 radical (unpaired) electrons. The number of carbonyl (C=O) groups excluding carboxylic acids is 4. The van der Waals surface area contributed by atoms with Crippen molar-refractivity contribution < 1.29 is 23.9 Å². The second-order valence-corrected chi connectivity index (χ2v) is 6.97. The molecule has 7 nitrogen and oxygen atoms in total. The third-order valence-corrected chi connectivity index (χ3v) is 5.13. The van der Waals surface area contributed by atoms with E-state index in [1.54, 1.807) is 48.5 Å². The number of hydrogen-bond acceptors (Lipinski definition) is 5. The predicted molar refractivity (Wildman–Crippen MR) is 105 cm³/mol. The monoisotopic (exact) mass is 414 g/mol. The summed E-state index contributed by atoms with van der Waals surface area (Å²) in [5.41, 5.74) is 1.05. The summed E-state index contributed by atoms with van der Waals surface area (Å²) in [5, 5.41) is 3.08. The molecule has 0 spiro atoms. The van der Waals surface area contributed by atoms with Gasteiger partial charge in [0, 0.05) is 5.02 Å². The fourth-order valence-corrected chi connectivity index (χ4v) is 3.48. The summed E-state index contributed by atoms with van der Waals surface area (Å²) < 4.78 is 4.71. The first kappa shape index (κ1) is 20.5. The topological polar surface area (TPSA) is 92.8 Å². The highest BCUT2D eigenvalue weighted by Crippen LogP contribution is 2.27. The van der Waals surface area contributed by atoms with Gasteiger partial charge in [-0.05, 0) is 30.7 Å². The number of carbonyl (C=O) groups is 4. The van der Waals surface area contributed by atoms with Crippen LogP contribution in [0.1, 0.15) is 45.7 Å². The molecule has 0 fully saturated rings. The number of esters is 1. The number of amides is 3. The van der Waals surface area contributed by atoms with Crippen molar-refractivity contribution in [3.05, 3.63) is 70.2 Å². The molecule has 3 amide bonds. The molecule has 2 aromatic carbocycles. The molecule has 0 saturated carbocycles. The van der Waals surface area contributed by atoms with Gasteiger partial charge >= 0.3 is 5.97 Å². The Kier molecular flexibility index (Phi) is 5.98. The molecule has 0 bridgehead atoms. The van der Waals surface area contributed by atoms with E-state index in [0.717, 1.165) is 4.90 Å². The summed E-state index contributed by atoms with van der Waals surface area (Å²) in [5.74, 6) is -2.19. The molecule has 1 heterocycles. The zero-order valence-corrected chi connectivity index (χ0v) is 16.6. The van der Waals surface area contributed by atoms with Crippen molar-refractivity contribution in [2.75, 3.05) is 7.11 Å². The van der Waals surface area contributed by atoms with Crippen molar-refractivity contribution in [3.63, 3.8) is 0 Å². The van der Waals surface area contributed by atoms with E-state index >= 15 is 0 Å². The number of halogens is 1. The summed E-state index contributed by atoms with van der Waals surface area (Å²) in [6.07, 6.45) is -0.152. The van der Waals surface area contributed by atoms with Crippen LogP contribution in [0.2, 0.25) is 5.02 Å². The van der Waals surface area contributed by atoms with Gasteiger partial charge in [0.1, 0.15) is 6.04 Å². The Bertz CT molecular complexity index is 956. The van der Waals surface area contributed by atoms with E-state index in [2.05, 4.69) is 5.32 Å². The summed E-state index contributed by atoms with van der Waals surface area (Å²) >= 11 is 6.22. The Hall–Kier alpha value is -3.19. The molecule has 1 aliphatic heterocycles. The van der Waals surface area contributed by atoms with E-state index in [0.29, 0.717) is 10.6 Å². The van der Waals surface area contributed by atoms with Gasteiger partial charge in [-0.3, -0.25) is 24.1 Å². The van der Waals surface area contributed by atoms with Crippen LogP contribution >= 0.6 is 11.6 Å². The average molecular weight is 415 g/mol. The number of hydrogen-bond donors (Lipinski definition) is 1. The van der Waals surface area contributed by atoms with Gasteiger partial charge in [0.15, 0.2) is 0 Å². The van der Waals surface area contributed by atoms with Crippen LogP contribution in [0.25, 0.3) is 0 Å². The highest BCUT2D eigenvalue weighted by atomic mass is 35.5. The summed E-state index contributed by atoms with van der Waals surface area (Å²) in [7, 11) is 1.25. The van der Waals surface area contributed by atoms with E-state index < -0.39 is 35.8 Å². The predicted octanol–water partition coefficient (Wildman–Crippen LogP) is 2.75. The standard InChI is InChI=1S/C21H19ClN2O5/c1-12(24-20(27)13-7-3-4-8-14(13)21(24)28)19(26)23-17(11-18(25)29-2)15-9-5-6-10-16(15)22/h3-10,12,17H,11H2,1-2H3,(H,23,26). The quantitative estimate of drug-likeness (QED) is 0.579. The minimum absolute atomic E-state index is 0.152. The molecule has 0 aliphatic carbocycles. The second kappa shape index (κ2) is 8.45. The first-order valence-electron chi connectivity index (χ1n) is 8.93. The maximum Gasteiger partial charge on any atom is 0.307 e.